The summed E-state index contributed by atoms with van der Waals surface area (Å²) >= 11 is 0. The van der Waals surface area contributed by atoms with Crippen LogP contribution in [0, 0.1) is 11.8 Å². The van der Waals surface area contributed by atoms with Crippen molar-refractivity contribution in [3.05, 3.63) is 53.9 Å². The van der Waals surface area contributed by atoms with E-state index in [0.29, 0.717) is 11.8 Å². The molecule has 0 amide bonds. The molecule has 4 heteroatoms. The zero-order chi connectivity index (χ0) is 16.2. The van der Waals surface area contributed by atoms with Gasteiger partial charge >= 0.3 is 0 Å². The fourth-order valence-electron chi connectivity index (χ4n) is 2.39. The minimum atomic E-state index is -2.64. The molecule has 0 unspecified atom stereocenters. The van der Waals surface area contributed by atoms with Crippen molar-refractivity contribution in [2.45, 2.75) is 39.8 Å². The van der Waals surface area contributed by atoms with Gasteiger partial charge in [0.25, 0.3) is 0 Å². The van der Waals surface area contributed by atoms with Gasteiger partial charge in [0, 0.05) is 17.9 Å². The van der Waals surface area contributed by atoms with Crippen LogP contribution in [0.5, 0.6) is 0 Å². The third-order valence-electron chi connectivity index (χ3n) is 3.92. The number of nitrogens with one attached hydrogen (secondary N) is 2. The Bertz CT molecular complexity index is 578. The zero-order valence-corrected chi connectivity index (χ0v) is 14.8. The monoisotopic (exact) mass is 318 g/mol. The van der Waals surface area contributed by atoms with Crippen molar-refractivity contribution in [3.63, 3.8) is 0 Å². The predicted molar refractivity (Wildman–Crippen MR) is 95.7 cm³/mol. The lowest BCUT2D eigenvalue weighted by Gasteiger charge is -2.25. The highest BCUT2D eigenvalue weighted by atomic mass is 31.2. The van der Waals surface area contributed by atoms with Crippen molar-refractivity contribution >= 4 is 13.5 Å². The molecule has 3 nitrogen and oxygen atoms in total. The summed E-state index contributed by atoms with van der Waals surface area (Å²) in [7, 11) is -2.64. The molecule has 0 aliphatic carbocycles. The van der Waals surface area contributed by atoms with Gasteiger partial charge < -0.3 is 0 Å². The quantitative estimate of drug-likeness (QED) is 0.750. The van der Waals surface area contributed by atoms with E-state index in [1.54, 1.807) is 0 Å². The molecule has 0 bridgehead atoms. The van der Waals surface area contributed by atoms with Gasteiger partial charge in [-0.15, -0.1) is 0 Å². The molecule has 0 spiro atoms. The van der Waals surface area contributed by atoms with Crippen LogP contribution in [0.25, 0.3) is 6.08 Å². The summed E-state index contributed by atoms with van der Waals surface area (Å²) in [6, 6.07) is 10.4. The Balaban J connectivity index is 2.06. The molecule has 22 heavy (non-hydrogen) atoms. The summed E-state index contributed by atoms with van der Waals surface area (Å²) in [6.07, 6.45) is 6.22. The molecule has 0 fully saturated rings. The maximum atomic E-state index is 12.9. The second-order valence-electron chi connectivity index (χ2n) is 6.57. The predicted octanol–water partition coefficient (Wildman–Crippen LogP) is 4.65. The molecule has 0 aromatic heterocycles. The van der Waals surface area contributed by atoms with Crippen LogP contribution in [-0.4, -0.2) is 12.1 Å². The van der Waals surface area contributed by atoms with Crippen LogP contribution < -0.4 is 10.2 Å². The first-order chi connectivity index (χ1) is 10.4. The van der Waals surface area contributed by atoms with Crippen molar-refractivity contribution in [2.24, 2.45) is 11.8 Å². The Kier molecular flexibility index (Phi) is 5.80. The average Bonchev–Trinajstić information content (AvgIpc) is 2.87. The summed E-state index contributed by atoms with van der Waals surface area (Å²) in [4.78, 5) is 0. The molecule has 2 rings (SSSR count). The van der Waals surface area contributed by atoms with E-state index < -0.39 is 7.44 Å². The largest absolute Gasteiger partial charge is 0.285 e. The normalized spacial score (nSPS) is 26.4. The van der Waals surface area contributed by atoms with Crippen LogP contribution in [0.3, 0.4) is 0 Å². The molecule has 0 radical (unpaired) electrons. The number of rotatable bonds is 6. The Morgan fingerprint density at radius 3 is 2.41 bits per heavy atom. The van der Waals surface area contributed by atoms with Gasteiger partial charge in [-0.3, -0.25) is 4.57 Å². The highest BCUT2D eigenvalue weighted by molar-refractivity contribution is 7.63. The molecule has 1 aliphatic heterocycles. The van der Waals surface area contributed by atoms with Gasteiger partial charge in [0.15, 0.2) is 0 Å². The topological polar surface area (TPSA) is 41.1 Å². The van der Waals surface area contributed by atoms with E-state index >= 15 is 0 Å². The van der Waals surface area contributed by atoms with Crippen LogP contribution in [-0.2, 0) is 4.57 Å². The van der Waals surface area contributed by atoms with Crippen molar-refractivity contribution in [1.29, 1.82) is 0 Å². The molecule has 0 saturated heterocycles. The molecule has 2 N–H and O–H groups in total. The van der Waals surface area contributed by atoms with Crippen molar-refractivity contribution in [1.82, 2.24) is 10.2 Å². The van der Waals surface area contributed by atoms with Crippen LogP contribution in [0.4, 0.5) is 0 Å². The first-order valence-corrected chi connectivity index (χ1v) is 9.75. The summed E-state index contributed by atoms with van der Waals surface area (Å²) in [6.45, 7) is 8.54. The van der Waals surface area contributed by atoms with Crippen LogP contribution in [0.15, 0.2) is 48.3 Å². The van der Waals surface area contributed by atoms with Crippen molar-refractivity contribution < 1.29 is 4.57 Å². The van der Waals surface area contributed by atoms with Crippen LogP contribution in [0.1, 0.15) is 33.3 Å². The standard InChI is InChI=1S/C18H27N2OP/c1-14(2)17(11-10-16-8-6-5-7-9-16)19-22(21)13-12-18(20-22)15(3)4/h5-15,17-18H,1-4H3,(H2,19,20,21)/b11-10+/t17-,18-,22+/m1/s1. The van der Waals surface area contributed by atoms with E-state index in [1.807, 2.05) is 30.1 Å². The molecule has 1 aliphatic rings. The van der Waals surface area contributed by atoms with Gasteiger partial charge in [-0.05, 0) is 17.4 Å². The lowest BCUT2D eigenvalue weighted by atomic mass is 10.0. The lowest BCUT2D eigenvalue weighted by Crippen LogP contribution is -2.35. The number of hydrogen-bond donors (Lipinski definition) is 2. The minimum Gasteiger partial charge on any atom is -0.285 e. The third-order valence-corrected chi connectivity index (χ3v) is 5.87. The summed E-state index contributed by atoms with van der Waals surface area (Å²) in [5.74, 6) is 2.62. The van der Waals surface area contributed by atoms with Gasteiger partial charge in [-0.2, -0.15) is 0 Å². The first-order valence-electron chi connectivity index (χ1n) is 7.97. The van der Waals surface area contributed by atoms with Crippen LogP contribution in [0.2, 0.25) is 0 Å². The second-order valence-corrected chi connectivity index (χ2v) is 8.70. The Labute approximate surface area is 134 Å². The summed E-state index contributed by atoms with van der Waals surface area (Å²) in [5, 5.41) is 6.57. The summed E-state index contributed by atoms with van der Waals surface area (Å²) in [5.41, 5.74) is 1.16. The van der Waals surface area contributed by atoms with E-state index in [9.17, 15) is 4.57 Å². The maximum absolute atomic E-state index is 12.9. The van der Waals surface area contributed by atoms with E-state index in [-0.39, 0.29) is 12.1 Å². The van der Waals surface area contributed by atoms with Gasteiger partial charge in [-0.1, -0.05) is 76.3 Å². The molecule has 1 aromatic rings. The van der Waals surface area contributed by atoms with Crippen molar-refractivity contribution in [2.75, 3.05) is 0 Å². The molecular weight excluding hydrogens is 291 g/mol. The van der Waals surface area contributed by atoms with E-state index in [0.717, 1.165) is 5.56 Å². The van der Waals surface area contributed by atoms with Gasteiger partial charge in [0.1, 0.15) is 0 Å². The fraction of sp³-hybridized carbons (Fsp3) is 0.444. The van der Waals surface area contributed by atoms with Gasteiger partial charge in [-0.25, -0.2) is 10.2 Å². The highest BCUT2D eigenvalue weighted by Crippen LogP contribution is 2.45. The minimum absolute atomic E-state index is 0.0640. The van der Waals surface area contributed by atoms with Gasteiger partial charge in [0.05, 0.1) is 0 Å². The summed E-state index contributed by atoms with van der Waals surface area (Å²) < 4.78 is 12.9. The highest BCUT2D eigenvalue weighted by Gasteiger charge is 2.31. The fourth-order valence-corrected chi connectivity index (χ4v) is 4.72. The second kappa shape index (κ2) is 7.41. The molecule has 3 atom stereocenters. The first kappa shape index (κ1) is 17.2. The number of hydrogen-bond acceptors (Lipinski definition) is 1. The SMILES string of the molecule is CC(C)[C@H]1C=C[P@](=O)(N[C@H](/C=C/c2ccccc2)C(C)C)N1. The Morgan fingerprint density at radius 1 is 1.18 bits per heavy atom. The average molecular weight is 318 g/mol. The van der Waals surface area contributed by atoms with Crippen LogP contribution >= 0.6 is 7.44 Å². The molecule has 1 heterocycles. The zero-order valence-electron chi connectivity index (χ0n) is 13.9. The number of benzene rings is 1. The van der Waals surface area contributed by atoms with E-state index in [4.69, 9.17) is 0 Å². The molecule has 1 aromatic carbocycles. The Morgan fingerprint density at radius 2 is 1.86 bits per heavy atom. The molecule has 120 valence electrons. The Hall–Kier alpha value is -1.15. The van der Waals surface area contributed by atoms with E-state index in [1.165, 1.54) is 0 Å². The molecular formula is C18H27N2OP. The van der Waals surface area contributed by atoms with Crippen molar-refractivity contribution in [3.8, 4) is 0 Å². The van der Waals surface area contributed by atoms with E-state index in [2.05, 4.69) is 62.2 Å². The smallest absolute Gasteiger partial charge is 0.234 e. The maximum Gasteiger partial charge on any atom is 0.234 e. The lowest BCUT2D eigenvalue weighted by molar-refractivity contribution is 0.487. The third kappa shape index (κ3) is 4.67. The molecule has 0 saturated carbocycles. The van der Waals surface area contributed by atoms with Gasteiger partial charge in [0.2, 0.25) is 7.44 Å².